The van der Waals surface area contributed by atoms with Gasteiger partial charge in [0.15, 0.2) is 5.78 Å². The number of benzene rings is 2. The highest BCUT2D eigenvalue weighted by Gasteiger charge is 2.38. The van der Waals surface area contributed by atoms with E-state index >= 15 is 0 Å². The SMILES string of the molecule is O=C1CCCC2=C1[C@@H](c1ccco1)N(Cc1ccccc1)c1ccccc1N2. The van der Waals surface area contributed by atoms with Gasteiger partial charge in [-0.25, -0.2) is 0 Å². The van der Waals surface area contributed by atoms with Crippen molar-refractivity contribution >= 4 is 17.2 Å². The molecule has 0 spiro atoms. The van der Waals surface area contributed by atoms with Crippen molar-refractivity contribution in [1.82, 2.24) is 0 Å². The Kier molecular flexibility index (Phi) is 4.24. The van der Waals surface area contributed by atoms with Gasteiger partial charge < -0.3 is 14.6 Å². The third kappa shape index (κ3) is 2.91. The van der Waals surface area contributed by atoms with E-state index < -0.39 is 0 Å². The lowest BCUT2D eigenvalue weighted by Gasteiger charge is -2.34. The summed E-state index contributed by atoms with van der Waals surface area (Å²) in [5.74, 6) is 1.01. The number of nitrogens with zero attached hydrogens (tertiary/aromatic N) is 1. The van der Waals surface area contributed by atoms with Crippen LogP contribution in [0.5, 0.6) is 0 Å². The minimum atomic E-state index is -0.242. The van der Waals surface area contributed by atoms with Crippen LogP contribution in [0.15, 0.2) is 88.7 Å². The third-order valence-corrected chi connectivity index (χ3v) is 5.55. The maximum atomic E-state index is 13.1. The fraction of sp³-hybridized carbons (Fsp3) is 0.208. The highest BCUT2D eigenvalue weighted by Crippen LogP contribution is 2.45. The number of carbonyl (C=O) groups excluding carboxylic acids is 1. The third-order valence-electron chi connectivity index (χ3n) is 5.55. The maximum Gasteiger partial charge on any atom is 0.163 e. The van der Waals surface area contributed by atoms with Crippen molar-refractivity contribution in [2.24, 2.45) is 0 Å². The number of carbonyl (C=O) groups is 1. The molecule has 4 heteroatoms. The van der Waals surface area contributed by atoms with Crippen molar-refractivity contribution in [3.8, 4) is 0 Å². The van der Waals surface area contributed by atoms with E-state index in [0.29, 0.717) is 13.0 Å². The number of nitrogens with one attached hydrogen (secondary N) is 1. The van der Waals surface area contributed by atoms with Gasteiger partial charge in [-0.05, 0) is 42.7 Å². The van der Waals surface area contributed by atoms with E-state index in [1.807, 2.05) is 30.3 Å². The molecule has 28 heavy (non-hydrogen) atoms. The second-order valence-electron chi connectivity index (χ2n) is 7.34. The Hall–Kier alpha value is -3.27. The summed E-state index contributed by atoms with van der Waals surface area (Å²) in [7, 11) is 0. The summed E-state index contributed by atoms with van der Waals surface area (Å²) >= 11 is 0. The average molecular weight is 370 g/mol. The Balaban J connectivity index is 1.72. The number of para-hydroxylation sites is 2. The first kappa shape index (κ1) is 16.9. The molecule has 0 saturated carbocycles. The second-order valence-corrected chi connectivity index (χ2v) is 7.34. The zero-order valence-electron chi connectivity index (χ0n) is 15.6. The monoisotopic (exact) mass is 370 g/mol. The minimum Gasteiger partial charge on any atom is -0.467 e. The summed E-state index contributed by atoms with van der Waals surface area (Å²) in [6.07, 6.45) is 4.04. The number of hydrogen-bond donors (Lipinski definition) is 1. The molecule has 4 nitrogen and oxygen atoms in total. The Morgan fingerprint density at radius 3 is 2.61 bits per heavy atom. The molecule has 0 radical (unpaired) electrons. The molecule has 1 atom stereocenters. The zero-order chi connectivity index (χ0) is 18.9. The number of fused-ring (bicyclic) bond motifs is 1. The van der Waals surface area contributed by atoms with E-state index in [-0.39, 0.29) is 11.8 Å². The summed E-state index contributed by atoms with van der Waals surface area (Å²) in [6, 6.07) is 22.3. The molecule has 1 aromatic heterocycles. The quantitative estimate of drug-likeness (QED) is 0.665. The van der Waals surface area contributed by atoms with Gasteiger partial charge in [0, 0.05) is 24.2 Å². The van der Waals surface area contributed by atoms with Crippen molar-refractivity contribution in [2.75, 3.05) is 10.2 Å². The fourth-order valence-electron chi connectivity index (χ4n) is 4.30. The van der Waals surface area contributed by atoms with Crippen LogP contribution in [-0.4, -0.2) is 5.78 Å². The Morgan fingerprint density at radius 2 is 1.79 bits per heavy atom. The van der Waals surface area contributed by atoms with E-state index in [2.05, 4.69) is 46.6 Å². The van der Waals surface area contributed by atoms with Crippen LogP contribution in [0, 0.1) is 0 Å². The molecule has 1 N–H and O–H groups in total. The van der Waals surface area contributed by atoms with Gasteiger partial charge in [0.05, 0.1) is 17.6 Å². The number of anilines is 2. The van der Waals surface area contributed by atoms with Crippen LogP contribution in [0.25, 0.3) is 0 Å². The van der Waals surface area contributed by atoms with E-state index in [1.54, 1.807) is 6.26 Å². The molecule has 3 aromatic rings. The van der Waals surface area contributed by atoms with Gasteiger partial charge in [-0.2, -0.15) is 0 Å². The number of hydrogen-bond acceptors (Lipinski definition) is 4. The smallest absolute Gasteiger partial charge is 0.163 e. The molecule has 2 heterocycles. The molecule has 140 valence electrons. The van der Waals surface area contributed by atoms with Crippen LogP contribution in [-0.2, 0) is 11.3 Å². The Bertz CT molecular complexity index is 1020. The Labute approximate surface area is 164 Å². The highest BCUT2D eigenvalue weighted by molar-refractivity contribution is 6.00. The molecule has 0 amide bonds. The fourth-order valence-corrected chi connectivity index (χ4v) is 4.30. The summed E-state index contributed by atoms with van der Waals surface area (Å²) < 4.78 is 5.85. The van der Waals surface area contributed by atoms with Gasteiger partial charge in [-0.1, -0.05) is 42.5 Å². The highest BCUT2D eigenvalue weighted by atomic mass is 16.3. The number of allylic oxidation sites excluding steroid dienone is 1. The molecule has 2 aliphatic rings. The van der Waals surface area contributed by atoms with Gasteiger partial charge in [-0.3, -0.25) is 4.79 Å². The second kappa shape index (κ2) is 7.04. The van der Waals surface area contributed by atoms with Gasteiger partial charge >= 0.3 is 0 Å². The number of rotatable bonds is 3. The first-order valence-electron chi connectivity index (χ1n) is 9.77. The van der Waals surface area contributed by atoms with Crippen molar-refractivity contribution < 1.29 is 9.21 Å². The van der Waals surface area contributed by atoms with Crippen LogP contribution in [0.2, 0.25) is 0 Å². The first-order chi connectivity index (χ1) is 13.8. The number of Topliss-reactive ketones (excluding diaryl/α,β-unsaturated/α-hetero) is 1. The van der Waals surface area contributed by atoms with Crippen LogP contribution >= 0.6 is 0 Å². The topological polar surface area (TPSA) is 45.5 Å². The molecule has 1 aliphatic heterocycles. The number of ketones is 1. The molecule has 1 aliphatic carbocycles. The van der Waals surface area contributed by atoms with Crippen LogP contribution < -0.4 is 10.2 Å². The predicted octanol–water partition coefficient (Wildman–Crippen LogP) is 5.46. The van der Waals surface area contributed by atoms with Crippen molar-refractivity contribution in [2.45, 2.75) is 31.8 Å². The average Bonchev–Trinajstić information content (AvgIpc) is 3.21. The molecule has 0 bridgehead atoms. The van der Waals surface area contributed by atoms with E-state index in [1.165, 1.54) is 5.56 Å². The van der Waals surface area contributed by atoms with Gasteiger partial charge in [0.25, 0.3) is 0 Å². The molecule has 2 aromatic carbocycles. The van der Waals surface area contributed by atoms with Crippen molar-refractivity contribution in [3.05, 3.63) is 95.6 Å². The molecule has 5 rings (SSSR count). The molecule has 0 saturated heterocycles. The summed E-state index contributed by atoms with van der Waals surface area (Å²) in [5, 5.41) is 3.57. The normalized spacial score (nSPS) is 18.9. The maximum absolute atomic E-state index is 13.1. The lowest BCUT2D eigenvalue weighted by molar-refractivity contribution is -0.116. The summed E-state index contributed by atoms with van der Waals surface area (Å²) in [6.45, 7) is 0.689. The standard InChI is InChI=1S/C24H22N2O2/c27-21-13-6-11-19-23(21)24(22-14-7-15-28-22)26(16-17-8-2-1-3-9-17)20-12-5-4-10-18(20)25-19/h1-5,7-10,12,14-15,24-25H,6,11,13,16H2/t24-/m1/s1. The lowest BCUT2D eigenvalue weighted by atomic mass is 9.88. The largest absolute Gasteiger partial charge is 0.467 e. The van der Waals surface area contributed by atoms with E-state index in [9.17, 15) is 4.79 Å². The molecular formula is C24H22N2O2. The summed E-state index contributed by atoms with van der Waals surface area (Å²) in [4.78, 5) is 15.4. The van der Waals surface area contributed by atoms with E-state index in [4.69, 9.17) is 4.42 Å². The molecule has 0 fully saturated rings. The predicted molar refractivity (Wildman–Crippen MR) is 110 cm³/mol. The van der Waals surface area contributed by atoms with Gasteiger partial charge in [0.1, 0.15) is 11.8 Å². The van der Waals surface area contributed by atoms with E-state index in [0.717, 1.165) is 41.2 Å². The number of furan rings is 1. The zero-order valence-corrected chi connectivity index (χ0v) is 15.6. The van der Waals surface area contributed by atoms with Gasteiger partial charge in [-0.15, -0.1) is 0 Å². The van der Waals surface area contributed by atoms with Crippen LogP contribution in [0.4, 0.5) is 11.4 Å². The Morgan fingerprint density at radius 1 is 0.964 bits per heavy atom. The van der Waals surface area contributed by atoms with Gasteiger partial charge in [0.2, 0.25) is 0 Å². The summed E-state index contributed by atoms with van der Waals surface area (Å²) in [5.41, 5.74) is 5.18. The first-order valence-corrected chi connectivity index (χ1v) is 9.77. The van der Waals surface area contributed by atoms with Crippen LogP contribution in [0.3, 0.4) is 0 Å². The van der Waals surface area contributed by atoms with Crippen LogP contribution in [0.1, 0.15) is 36.6 Å². The lowest BCUT2D eigenvalue weighted by Crippen LogP contribution is -2.32. The molecular weight excluding hydrogens is 348 g/mol. The minimum absolute atomic E-state index is 0.209. The van der Waals surface area contributed by atoms with Crippen molar-refractivity contribution in [1.29, 1.82) is 0 Å². The van der Waals surface area contributed by atoms with Crippen molar-refractivity contribution in [3.63, 3.8) is 0 Å². The molecule has 0 unspecified atom stereocenters.